The first kappa shape index (κ1) is 18.6. The highest BCUT2D eigenvalue weighted by atomic mass is 35.5. The number of rotatable bonds is 5. The molecule has 0 unspecified atom stereocenters. The van der Waals surface area contributed by atoms with Crippen molar-refractivity contribution in [2.75, 3.05) is 4.90 Å². The van der Waals surface area contributed by atoms with Gasteiger partial charge in [0.1, 0.15) is 11.3 Å². The van der Waals surface area contributed by atoms with Gasteiger partial charge in [0.15, 0.2) is 5.13 Å². The first-order chi connectivity index (χ1) is 13.6. The molecule has 4 aromatic rings. The maximum absolute atomic E-state index is 13.2. The molecule has 1 aromatic heterocycles. The second-order valence-corrected chi connectivity index (χ2v) is 7.77. The number of carbonyl (C=O) groups is 1. The molecular formula is C22H16ClFN2OS. The molecule has 6 heteroatoms. The highest BCUT2D eigenvalue weighted by Gasteiger charge is 2.21. The minimum Gasteiger partial charge on any atom is -0.283 e. The number of thiazole rings is 1. The number of hydrogen-bond acceptors (Lipinski definition) is 3. The molecule has 0 saturated carbocycles. The molecule has 0 fully saturated rings. The molecular weight excluding hydrogens is 395 g/mol. The van der Waals surface area contributed by atoms with Gasteiger partial charge in [0.05, 0.1) is 22.7 Å². The smallest absolute Gasteiger partial charge is 0.233 e. The van der Waals surface area contributed by atoms with Crippen molar-refractivity contribution in [2.45, 2.75) is 13.0 Å². The van der Waals surface area contributed by atoms with Gasteiger partial charge in [-0.2, -0.15) is 0 Å². The fraction of sp³-hybridized carbons (Fsp3) is 0.0909. The van der Waals surface area contributed by atoms with Crippen LogP contribution in [-0.4, -0.2) is 10.9 Å². The molecule has 3 aromatic carbocycles. The van der Waals surface area contributed by atoms with Crippen molar-refractivity contribution in [1.29, 1.82) is 0 Å². The molecule has 0 radical (unpaired) electrons. The number of fused-ring (bicyclic) bond motifs is 1. The van der Waals surface area contributed by atoms with Gasteiger partial charge >= 0.3 is 0 Å². The van der Waals surface area contributed by atoms with Gasteiger partial charge in [0.25, 0.3) is 0 Å². The molecule has 4 rings (SSSR count). The Kier molecular flexibility index (Phi) is 5.37. The third-order valence-electron chi connectivity index (χ3n) is 4.34. The maximum Gasteiger partial charge on any atom is 0.233 e. The number of carbonyl (C=O) groups excluding carboxylic acids is 1. The van der Waals surface area contributed by atoms with Crippen LogP contribution in [0.3, 0.4) is 0 Å². The third kappa shape index (κ3) is 4.06. The molecule has 3 nitrogen and oxygen atoms in total. The van der Waals surface area contributed by atoms with Gasteiger partial charge in [0, 0.05) is 0 Å². The van der Waals surface area contributed by atoms with Gasteiger partial charge in [0.2, 0.25) is 5.91 Å². The molecule has 0 aliphatic rings. The molecule has 0 saturated heterocycles. The Bertz CT molecular complexity index is 1110. The predicted molar refractivity (Wildman–Crippen MR) is 112 cm³/mol. The van der Waals surface area contributed by atoms with Crippen LogP contribution in [0, 0.1) is 5.82 Å². The number of halogens is 2. The Morgan fingerprint density at radius 1 is 0.964 bits per heavy atom. The van der Waals surface area contributed by atoms with E-state index >= 15 is 0 Å². The number of aromatic nitrogens is 1. The number of hydrogen-bond donors (Lipinski definition) is 0. The minimum absolute atomic E-state index is 0.106. The summed E-state index contributed by atoms with van der Waals surface area (Å²) < 4.78 is 14.1. The summed E-state index contributed by atoms with van der Waals surface area (Å²) in [6.45, 7) is 0.401. The van der Waals surface area contributed by atoms with E-state index in [2.05, 4.69) is 4.98 Å². The van der Waals surface area contributed by atoms with Crippen molar-refractivity contribution in [3.63, 3.8) is 0 Å². The van der Waals surface area contributed by atoms with E-state index < -0.39 is 0 Å². The normalized spacial score (nSPS) is 10.9. The second kappa shape index (κ2) is 8.09. The van der Waals surface area contributed by atoms with E-state index in [-0.39, 0.29) is 18.1 Å². The standard InChI is InChI=1S/C22H16ClFN2OS/c23-18-7-4-8-19-21(18)25-22(28-19)26(14-16-5-2-1-3-6-16)20(27)13-15-9-11-17(24)12-10-15/h1-12H,13-14H2. The zero-order valence-electron chi connectivity index (χ0n) is 14.8. The largest absolute Gasteiger partial charge is 0.283 e. The minimum atomic E-state index is -0.321. The predicted octanol–water partition coefficient (Wildman–Crippen LogP) is 5.86. The van der Waals surface area contributed by atoms with Crippen molar-refractivity contribution in [3.05, 3.63) is 94.8 Å². The Labute approximate surface area is 171 Å². The average molecular weight is 411 g/mol. The lowest BCUT2D eigenvalue weighted by Gasteiger charge is -2.20. The summed E-state index contributed by atoms with van der Waals surface area (Å²) in [5, 5.41) is 1.16. The molecule has 0 atom stereocenters. The number of amides is 1. The van der Waals surface area contributed by atoms with Gasteiger partial charge in [-0.25, -0.2) is 9.37 Å². The summed E-state index contributed by atoms with van der Waals surface area (Å²) in [5.74, 6) is -0.427. The fourth-order valence-corrected chi connectivity index (χ4v) is 4.20. The molecule has 0 bridgehead atoms. The van der Waals surface area contributed by atoms with E-state index in [0.717, 1.165) is 15.8 Å². The van der Waals surface area contributed by atoms with Gasteiger partial charge in [-0.3, -0.25) is 9.69 Å². The summed E-state index contributed by atoms with van der Waals surface area (Å²) >= 11 is 7.69. The van der Waals surface area contributed by atoms with Crippen molar-refractivity contribution >= 4 is 44.2 Å². The van der Waals surface area contributed by atoms with E-state index in [1.54, 1.807) is 23.1 Å². The van der Waals surface area contributed by atoms with Crippen LogP contribution in [0.5, 0.6) is 0 Å². The van der Waals surface area contributed by atoms with Crippen LogP contribution in [0.2, 0.25) is 5.02 Å². The molecule has 1 heterocycles. The highest BCUT2D eigenvalue weighted by Crippen LogP contribution is 2.33. The molecule has 28 heavy (non-hydrogen) atoms. The first-order valence-electron chi connectivity index (χ1n) is 8.74. The Morgan fingerprint density at radius 2 is 1.71 bits per heavy atom. The number of anilines is 1. The maximum atomic E-state index is 13.2. The summed E-state index contributed by atoms with van der Waals surface area (Å²) in [6.07, 6.45) is 0.163. The topological polar surface area (TPSA) is 33.2 Å². The monoisotopic (exact) mass is 410 g/mol. The van der Waals surface area contributed by atoms with E-state index in [9.17, 15) is 9.18 Å². The number of benzene rings is 3. The summed E-state index contributed by atoms with van der Waals surface area (Å²) in [5.41, 5.74) is 2.45. The van der Waals surface area contributed by atoms with Crippen molar-refractivity contribution in [1.82, 2.24) is 4.98 Å². The zero-order valence-corrected chi connectivity index (χ0v) is 16.4. The van der Waals surface area contributed by atoms with Crippen molar-refractivity contribution in [2.24, 2.45) is 0 Å². The van der Waals surface area contributed by atoms with Crippen molar-refractivity contribution < 1.29 is 9.18 Å². The average Bonchev–Trinajstić information content (AvgIpc) is 3.14. The molecule has 0 aliphatic heterocycles. The number of nitrogens with zero attached hydrogens (tertiary/aromatic N) is 2. The van der Waals surface area contributed by atoms with E-state index in [1.165, 1.54) is 23.5 Å². The lowest BCUT2D eigenvalue weighted by atomic mass is 10.1. The van der Waals surface area contributed by atoms with Crippen LogP contribution in [0.4, 0.5) is 9.52 Å². The zero-order chi connectivity index (χ0) is 19.5. The van der Waals surface area contributed by atoms with Crippen LogP contribution in [-0.2, 0) is 17.8 Å². The van der Waals surface area contributed by atoms with Crippen LogP contribution in [0.25, 0.3) is 10.2 Å². The summed E-state index contributed by atoms with van der Waals surface area (Å²) in [6, 6.07) is 21.3. The SMILES string of the molecule is O=C(Cc1ccc(F)cc1)N(Cc1ccccc1)c1nc2c(Cl)cccc2s1. The summed E-state index contributed by atoms with van der Waals surface area (Å²) in [7, 11) is 0. The van der Waals surface area contributed by atoms with Gasteiger partial charge in [-0.1, -0.05) is 71.5 Å². The Hall–Kier alpha value is -2.76. The van der Waals surface area contributed by atoms with Gasteiger partial charge < -0.3 is 0 Å². The van der Waals surface area contributed by atoms with E-state index in [1.807, 2.05) is 42.5 Å². The van der Waals surface area contributed by atoms with Gasteiger partial charge in [-0.15, -0.1) is 0 Å². The molecule has 0 N–H and O–H groups in total. The molecule has 1 amide bonds. The second-order valence-electron chi connectivity index (χ2n) is 6.35. The van der Waals surface area contributed by atoms with Crippen molar-refractivity contribution in [3.8, 4) is 0 Å². The molecule has 0 spiro atoms. The van der Waals surface area contributed by atoms with E-state index in [4.69, 9.17) is 11.6 Å². The van der Waals surface area contributed by atoms with Crippen LogP contribution >= 0.6 is 22.9 Å². The molecule has 140 valence electrons. The number of para-hydroxylation sites is 1. The quantitative estimate of drug-likeness (QED) is 0.412. The van der Waals surface area contributed by atoms with Gasteiger partial charge in [-0.05, 0) is 35.4 Å². The third-order valence-corrected chi connectivity index (χ3v) is 5.69. The van der Waals surface area contributed by atoms with Crippen LogP contribution in [0.1, 0.15) is 11.1 Å². The van der Waals surface area contributed by atoms with E-state index in [0.29, 0.717) is 22.2 Å². The summed E-state index contributed by atoms with van der Waals surface area (Å²) in [4.78, 5) is 19.4. The first-order valence-corrected chi connectivity index (χ1v) is 9.93. The van der Waals surface area contributed by atoms with Crippen LogP contribution < -0.4 is 4.90 Å². The lowest BCUT2D eigenvalue weighted by Crippen LogP contribution is -2.31. The Balaban J connectivity index is 1.69. The fourth-order valence-electron chi connectivity index (χ4n) is 2.92. The van der Waals surface area contributed by atoms with Crippen LogP contribution in [0.15, 0.2) is 72.8 Å². The Morgan fingerprint density at radius 3 is 2.43 bits per heavy atom. The lowest BCUT2D eigenvalue weighted by molar-refractivity contribution is -0.118. The highest BCUT2D eigenvalue weighted by molar-refractivity contribution is 7.22. The molecule has 0 aliphatic carbocycles.